The number of nitrogens with one attached hydrogen (secondary N) is 1. The van der Waals surface area contributed by atoms with Gasteiger partial charge in [-0.3, -0.25) is 5.43 Å². The van der Waals surface area contributed by atoms with E-state index in [1.807, 2.05) is 26.1 Å². The topological polar surface area (TPSA) is 49.1 Å². The van der Waals surface area contributed by atoms with Crippen molar-refractivity contribution in [3.8, 4) is 0 Å². The average molecular weight is 176 g/mol. The van der Waals surface area contributed by atoms with Crippen molar-refractivity contribution >= 4 is 18.6 Å². The standard InChI is InChI=1S/C9H12N4/c1-8-5-9(2)7-13-11-4-3-10-12-6-8/h3-7,12H,1-2H3/b8-6+,9-5-,10-3-,11-4-,13-7-. The third-order valence-corrected chi connectivity index (χ3v) is 1.36. The molecule has 0 saturated heterocycles. The van der Waals surface area contributed by atoms with Crippen LogP contribution in [0.5, 0.6) is 0 Å². The largest absolute Gasteiger partial charge is 0.285 e. The molecule has 13 heavy (non-hydrogen) atoms. The van der Waals surface area contributed by atoms with Crippen LogP contribution in [0.1, 0.15) is 13.8 Å². The number of hydrazone groups is 1. The van der Waals surface area contributed by atoms with Gasteiger partial charge in [-0.1, -0.05) is 6.08 Å². The fourth-order valence-corrected chi connectivity index (χ4v) is 0.846. The first-order valence-corrected chi connectivity index (χ1v) is 3.97. The van der Waals surface area contributed by atoms with Crippen molar-refractivity contribution in [3.63, 3.8) is 0 Å². The quantitative estimate of drug-likeness (QED) is 0.597. The second-order valence-electron chi connectivity index (χ2n) is 2.69. The van der Waals surface area contributed by atoms with Crippen LogP contribution in [0, 0.1) is 0 Å². The Hall–Kier alpha value is -1.71. The summed E-state index contributed by atoms with van der Waals surface area (Å²) >= 11 is 0. The van der Waals surface area contributed by atoms with Gasteiger partial charge in [-0.2, -0.15) is 15.3 Å². The number of hydrogen-bond acceptors (Lipinski definition) is 4. The Bertz CT molecular complexity index is 308. The van der Waals surface area contributed by atoms with Gasteiger partial charge in [0.25, 0.3) is 0 Å². The average Bonchev–Trinajstić information content (AvgIpc) is 2.11. The fraction of sp³-hybridized carbons (Fsp3) is 0.222. The highest BCUT2D eigenvalue weighted by molar-refractivity contribution is 6.15. The summed E-state index contributed by atoms with van der Waals surface area (Å²) in [5, 5.41) is 11.4. The van der Waals surface area contributed by atoms with E-state index >= 15 is 0 Å². The van der Waals surface area contributed by atoms with Crippen LogP contribution in [0.15, 0.2) is 38.7 Å². The summed E-state index contributed by atoms with van der Waals surface area (Å²) in [4.78, 5) is 0. The first-order chi connectivity index (χ1) is 6.29. The minimum atomic E-state index is 1.05. The second kappa shape index (κ2) is 5.03. The molecule has 0 aliphatic carbocycles. The monoisotopic (exact) mass is 176 g/mol. The SMILES string of the molecule is CC1=C/C(C)=C/N/N=C\C=N/N=C\1. The molecule has 0 radical (unpaired) electrons. The van der Waals surface area contributed by atoms with Crippen LogP contribution in [0.4, 0.5) is 0 Å². The molecule has 4 nitrogen and oxygen atoms in total. The van der Waals surface area contributed by atoms with Crippen LogP contribution in [0.25, 0.3) is 0 Å². The van der Waals surface area contributed by atoms with Crippen LogP contribution in [-0.4, -0.2) is 18.6 Å². The van der Waals surface area contributed by atoms with Crippen LogP contribution < -0.4 is 5.43 Å². The van der Waals surface area contributed by atoms with Gasteiger partial charge in [0.2, 0.25) is 0 Å². The minimum absolute atomic E-state index is 1.05. The molecule has 0 aromatic rings. The van der Waals surface area contributed by atoms with E-state index in [9.17, 15) is 0 Å². The molecule has 0 saturated carbocycles. The van der Waals surface area contributed by atoms with Crippen LogP contribution in [0.3, 0.4) is 0 Å². The molecular formula is C9H12N4. The van der Waals surface area contributed by atoms with Gasteiger partial charge in [-0.15, -0.1) is 0 Å². The maximum atomic E-state index is 3.85. The van der Waals surface area contributed by atoms with Crippen molar-refractivity contribution < 1.29 is 0 Å². The molecule has 0 fully saturated rings. The molecule has 0 unspecified atom stereocenters. The molecule has 4 heteroatoms. The summed E-state index contributed by atoms with van der Waals surface area (Å²) < 4.78 is 0. The van der Waals surface area contributed by atoms with E-state index in [-0.39, 0.29) is 0 Å². The summed E-state index contributed by atoms with van der Waals surface area (Å²) in [5.74, 6) is 0. The Morgan fingerprint density at radius 3 is 2.77 bits per heavy atom. The van der Waals surface area contributed by atoms with Gasteiger partial charge in [0.05, 0.1) is 18.6 Å². The van der Waals surface area contributed by atoms with E-state index in [2.05, 4.69) is 20.7 Å². The van der Waals surface area contributed by atoms with Gasteiger partial charge in [0.1, 0.15) is 0 Å². The molecular weight excluding hydrogens is 164 g/mol. The molecule has 1 heterocycles. The van der Waals surface area contributed by atoms with E-state index < -0.39 is 0 Å². The van der Waals surface area contributed by atoms with Crippen molar-refractivity contribution in [1.82, 2.24) is 5.43 Å². The van der Waals surface area contributed by atoms with Gasteiger partial charge < -0.3 is 0 Å². The second-order valence-corrected chi connectivity index (χ2v) is 2.69. The third kappa shape index (κ3) is 4.00. The molecule has 0 spiro atoms. The normalized spacial score (nSPS) is 32.5. The summed E-state index contributed by atoms with van der Waals surface area (Å²) in [6, 6.07) is 0. The summed E-state index contributed by atoms with van der Waals surface area (Å²) in [7, 11) is 0. The zero-order valence-corrected chi connectivity index (χ0v) is 7.73. The number of rotatable bonds is 0. The number of nitrogens with zero attached hydrogens (tertiary/aromatic N) is 3. The molecule has 0 amide bonds. The van der Waals surface area contributed by atoms with Crippen molar-refractivity contribution in [2.75, 3.05) is 0 Å². The van der Waals surface area contributed by atoms with Gasteiger partial charge in [-0.25, -0.2) is 0 Å². The number of allylic oxidation sites excluding steroid dienone is 3. The lowest BCUT2D eigenvalue weighted by molar-refractivity contribution is 0.967. The summed E-state index contributed by atoms with van der Waals surface area (Å²) in [6.07, 6.45) is 8.57. The lowest BCUT2D eigenvalue weighted by Crippen LogP contribution is -1.95. The third-order valence-electron chi connectivity index (χ3n) is 1.36. The molecule has 0 aromatic heterocycles. The van der Waals surface area contributed by atoms with Gasteiger partial charge in [-0.05, 0) is 25.0 Å². The first kappa shape index (κ1) is 9.38. The summed E-state index contributed by atoms with van der Waals surface area (Å²) in [5.41, 5.74) is 4.91. The van der Waals surface area contributed by atoms with E-state index in [0.717, 1.165) is 11.1 Å². The molecule has 68 valence electrons. The highest BCUT2D eigenvalue weighted by Crippen LogP contribution is 1.98. The Balaban J connectivity index is 2.85. The Labute approximate surface area is 77.4 Å². The summed E-state index contributed by atoms with van der Waals surface area (Å²) in [6.45, 7) is 3.95. The molecule has 1 rings (SSSR count). The van der Waals surface area contributed by atoms with Gasteiger partial charge in [0, 0.05) is 6.20 Å². The van der Waals surface area contributed by atoms with Crippen LogP contribution in [0.2, 0.25) is 0 Å². The molecule has 0 aromatic carbocycles. The Morgan fingerprint density at radius 2 is 1.92 bits per heavy atom. The van der Waals surface area contributed by atoms with E-state index in [0.29, 0.717) is 0 Å². The highest BCUT2D eigenvalue weighted by Gasteiger charge is 1.85. The van der Waals surface area contributed by atoms with Gasteiger partial charge >= 0.3 is 0 Å². The lowest BCUT2D eigenvalue weighted by Gasteiger charge is -1.93. The van der Waals surface area contributed by atoms with Crippen LogP contribution in [-0.2, 0) is 0 Å². The van der Waals surface area contributed by atoms with E-state index in [4.69, 9.17) is 0 Å². The van der Waals surface area contributed by atoms with E-state index in [1.165, 1.54) is 6.21 Å². The zero-order chi connectivity index (χ0) is 9.52. The predicted octanol–water partition coefficient (Wildman–Crippen LogP) is 1.48. The van der Waals surface area contributed by atoms with Crippen molar-refractivity contribution in [2.45, 2.75) is 13.8 Å². The molecule has 1 N–H and O–H groups in total. The lowest BCUT2D eigenvalue weighted by atomic mass is 10.2. The Morgan fingerprint density at radius 1 is 1.08 bits per heavy atom. The van der Waals surface area contributed by atoms with Crippen molar-refractivity contribution in [1.29, 1.82) is 0 Å². The molecule has 1 aliphatic rings. The molecule has 1 aliphatic heterocycles. The Kier molecular flexibility index (Phi) is 3.63. The highest BCUT2D eigenvalue weighted by atomic mass is 15.3. The fourth-order valence-electron chi connectivity index (χ4n) is 0.846. The molecule has 0 atom stereocenters. The predicted molar refractivity (Wildman–Crippen MR) is 56.1 cm³/mol. The van der Waals surface area contributed by atoms with Crippen molar-refractivity contribution in [2.24, 2.45) is 15.3 Å². The molecule has 0 bridgehead atoms. The van der Waals surface area contributed by atoms with Crippen LogP contribution >= 0.6 is 0 Å². The smallest absolute Gasteiger partial charge is 0.0696 e. The van der Waals surface area contributed by atoms with Gasteiger partial charge in [0.15, 0.2) is 0 Å². The first-order valence-electron chi connectivity index (χ1n) is 3.97. The maximum absolute atomic E-state index is 3.85. The van der Waals surface area contributed by atoms with E-state index in [1.54, 1.807) is 12.4 Å². The maximum Gasteiger partial charge on any atom is 0.0696 e. The number of hydrogen-bond donors (Lipinski definition) is 1. The minimum Gasteiger partial charge on any atom is -0.285 e. The van der Waals surface area contributed by atoms with Crippen molar-refractivity contribution in [3.05, 3.63) is 23.4 Å². The zero-order valence-electron chi connectivity index (χ0n) is 7.73.